The Bertz CT molecular complexity index is 532. The zero-order chi connectivity index (χ0) is 12.4. The molecule has 18 heavy (non-hydrogen) atoms. The van der Waals surface area contributed by atoms with Gasteiger partial charge in [-0.25, -0.2) is 0 Å². The van der Waals surface area contributed by atoms with Crippen molar-refractivity contribution in [1.29, 1.82) is 0 Å². The molecule has 0 aliphatic heterocycles. The minimum Gasteiger partial charge on any atom is -0.391 e. The molecule has 3 rings (SSSR count). The molecule has 1 fully saturated rings. The van der Waals surface area contributed by atoms with Gasteiger partial charge in [-0.1, -0.05) is 49.2 Å². The summed E-state index contributed by atoms with van der Waals surface area (Å²) in [5.41, 5.74) is 1.14. The highest BCUT2D eigenvalue weighted by Crippen LogP contribution is 2.27. The van der Waals surface area contributed by atoms with Gasteiger partial charge in [0.25, 0.3) is 0 Å². The standard InChI is InChI=1S/C16H19NO/c18-16-11-4-3-9-15(16)17-14-10-5-7-12-6-1-2-8-13(12)14/h1-2,5-8,10,15-18H,3-4,9,11H2/t15-,16-/m0/s1. The molecule has 0 unspecified atom stereocenters. The molecule has 2 N–H and O–H groups in total. The molecule has 1 aliphatic carbocycles. The normalized spacial score (nSPS) is 24.1. The first-order valence-electron chi connectivity index (χ1n) is 6.77. The third-order valence-corrected chi connectivity index (χ3v) is 3.86. The Morgan fingerprint density at radius 2 is 1.72 bits per heavy atom. The van der Waals surface area contributed by atoms with Gasteiger partial charge >= 0.3 is 0 Å². The van der Waals surface area contributed by atoms with Crippen LogP contribution in [0.2, 0.25) is 0 Å². The highest BCUT2D eigenvalue weighted by atomic mass is 16.3. The Morgan fingerprint density at radius 3 is 2.61 bits per heavy atom. The lowest BCUT2D eigenvalue weighted by Gasteiger charge is -2.29. The molecule has 0 aromatic heterocycles. The summed E-state index contributed by atoms with van der Waals surface area (Å²) in [5, 5.41) is 16.0. The molecule has 2 heteroatoms. The maximum atomic E-state index is 10.0. The van der Waals surface area contributed by atoms with E-state index in [0.29, 0.717) is 0 Å². The molecule has 0 saturated heterocycles. The van der Waals surface area contributed by atoms with E-state index in [-0.39, 0.29) is 12.1 Å². The second-order valence-electron chi connectivity index (χ2n) is 5.13. The number of hydrogen-bond donors (Lipinski definition) is 2. The van der Waals surface area contributed by atoms with Crippen LogP contribution >= 0.6 is 0 Å². The molecule has 0 amide bonds. The minimum atomic E-state index is -0.210. The number of nitrogens with one attached hydrogen (secondary N) is 1. The maximum absolute atomic E-state index is 10.0. The lowest BCUT2D eigenvalue weighted by Crippen LogP contribution is -2.36. The molecule has 0 spiro atoms. The van der Waals surface area contributed by atoms with Crippen LogP contribution in [0, 0.1) is 0 Å². The van der Waals surface area contributed by atoms with Crippen molar-refractivity contribution in [3.63, 3.8) is 0 Å². The summed E-state index contributed by atoms with van der Waals surface area (Å²) in [4.78, 5) is 0. The first-order valence-corrected chi connectivity index (χ1v) is 6.77. The molecule has 2 aromatic rings. The number of hydrogen-bond acceptors (Lipinski definition) is 2. The van der Waals surface area contributed by atoms with E-state index in [4.69, 9.17) is 0 Å². The fourth-order valence-electron chi connectivity index (χ4n) is 2.83. The Labute approximate surface area is 108 Å². The highest BCUT2D eigenvalue weighted by Gasteiger charge is 2.22. The first kappa shape index (κ1) is 11.5. The molecule has 2 aromatic carbocycles. The third-order valence-electron chi connectivity index (χ3n) is 3.86. The van der Waals surface area contributed by atoms with Gasteiger partial charge in [-0.15, -0.1) is 0 Å². The van der Waals surface area contributed by atoms with Gasteiger partial charge in [0.2, 0.25) is 0 Å². The summed E-state index contributed by atoms with van der Waals surface area (Å²) in [6.45, 7) is 0. The number of rotatable bonds is 2. The number of benzene rings is 2. The SMILES string of the molecule is O[C@H]1CCCC[C@@H]1Nc1cccc2ccccc12. The summed E-state index contributed by atoms with van der Waals surface area (Å²) in [7, 11) is 0. The number of aliphatic hydroxyl groups excluding tert-OH is 1. The van der Waals surface area contributed by atoms with Gasteiger partial charge < -0.3 is 10.4 Å². The average molecular weight is 241 g/mol. The van der Waals surface area contributed by atoms with Crippen LogP contribution in [0.25, 0.3) is 10.8 Å². The molecule has 2 nitrogen and oxygen atoms in total. The molecule has 2 atom stereocenters. The van der Waals surface area contributed by atoms with Crippen LogP contribution < -0.4 is 5.32 Å². The van der Waals surface area contributed by atoms with E-state index in [9.17, 15) is 5.11 Å². The topological polar surface area (TPSA) is 32.3 Å². The number of aliphatic hydroxyl groups is 1. The van der Waals surface area contributed by atoms with Gasteiger partial charge in [0, 0.05) is 11.1 Å². The number of anilines is 1. The minimum absolute atomic E-state index is 0.199. The van der Waals surface area contributed by atoms with Crippen LogP contribution in [0.15, 0.2) is 42.5 Å². The molecule has 0 radical (unpaired) electrons. The van der Waals surface area contributed by atoms with Gasteiger partial charge in [0.1, 0.15) is 0 Å². The Kier molecular flexibility index (Phi) is 3.20. The highest BCUT2D eigenvalue weighted by molar-refractivity contribution is 5.93. The van der Waals surface area contributed by atoms with Gasteiger partial charge in [0.05, 0.1) is 12.1 Å². The second kappa shape index (κ2) is 4.99. The lowest BCUT2D eigenvalue weighted by atomic mass is 9.92. The van der Waals surface area contributed by atoms with E-state index in [1.54, 1.807) is 0 Å². The van der Waals surface area contributed by atoms with Crippen LogP contribution in [-0.2, 0) is 0 Å². The van der Waals surface area contributed by atoms with Crippen LogP contribution in [0.4, 0.5) is 5.69 Å². The monoisotopic (exact) mass is 241 g/mol. The Hall–Kier alpha value is -1.54. The van der Waals surface area contributed by atoms with Gasteiger partial charge in [-0.3, -0.25) is 0 Å². The molecule has 0 bridgehead atoms. The fourth-order valence-corrected chi connectivity index (χ4v) is 2.83. The molecule has 1 saturated carbocycles. The van der Waals surface area contributed by atoms with Crippen LogP contribution in [0.1, 0.15) is 25.7 Å². The van der Waals surface area contributed by atoms with E-state index in [1.807, 2.05) is 0 Å². The predicted molar refractivity (Wildman–Crippen MR) is 75.8 cm³/mol. The first-order chi connectivity index (χ1) is 8.84. The van der Waals surface area contributed by atoms with E-state index in [0.717, 1.165) is 24.9 Å². The summed E-state index contributed by atoms with van der Waals surface area (Å²) in [5.74, 6) is 0. The molecule has 1 aliphatic rings. The largest absolute Gasteiger partial charge is 0.391 e. The van der Waals surface area contributed by atoms with E-state index < -0.39 is 0 Å². The van der Waals surface area contributed by atoms with Gasteiger partial charge in [-0.2, -0.15) is 0 Å². The summed E-state index contributed by atoms with van der Waals surface area (Å²) < 4.78 is 0. The van der Waals surface area contributed by atoms with Crippen molar-refractivity contribution >= 4 is 16.5 Å². The fraction of sp³-hybridized carbons (Fsp3) is 0.375. The van der Waals surface area contributed by atoms with Crippen molar-refractivity contribution < 1.29 is 5.11 Å². The van der Waals surface area contributed by atoms with E-state index in [1.165, 1.54) is 17.2 Å². The summed E-state index contributed by atoms with van der Waals surface area (Å²) in [6, 6.07) is 14.9. The van der Waals surface area contributed by atoms with Crippen molar-refractivity contribution in [2.24, 2.45) is 0 Å². The van der Waals surface area contributed by atoms with E-state index >= 15 is 0 Å². The molecule has 0 heterocycles. The summed E-state index contributed by atoms with van der Waals surface area (Å²) >= 11 is 0. The van der Waals surface area contributed by atoms with Crippen molar-refractivity contribution in [3.05, 3.63) is 42.5 Å². The molecular weight excluding hydrogens is 222 g/mol. The average Bonchev–Trinajstić information content (AvgIpc) is 2.42. The van der Waals surface area contributed by atoms with Crippen molar-refractivity contribution in [2.45, 2.75) is 37.8 Å². The zero-order valence-electron chi connectivity index (χ0n) is 10.5. The van der Waals surface area contributed by atoms with Crippen LogP contribution in [0.3, 0.4) is 0 Å². The quantitative estimate of drug-likeness (QED) is 0.842. The third kappa shape index (κ3) is 2.21. The molecular formula is C16H19NO. The Balaban J connectivity index is 1.90. The summed E-state index contributed by atoms with van der Waals surface area (Å²) in [6.07, 6.45) is 4.12. The van der Waals surface area contributed by atoms with Crippen molar-refractivity contribution in [3.8, 4) is 0 Å². The van der Waals surface area contributed by atoms with Gasteiger partial charge in [0.15, 0.2) is 0 Å². The van der Waals surface area contributed by atoms with Crippen LogP contribution in [-0.4, -0.2) is 17.3 Å². The zero-order valence-corrected chi connectivity index (χ0v) is 10.5. The van der Waals surface area contributed by atoms with Crippen LogP contribution in [0.5, 0.6) is 0 Å². The number of fused-ring (bicyclic) bond motifs is 1. The van der Waals surface area contributed by atoms with Gasteiger partial charge in [-0.05, 0) is 24.3 Å². The van der Waals surface area contributed by atoms with Crippen molar-refractivity contribution in [1.82, 2.24) is 0 Å². The second-order valence-corrected chi connectivity index (χ2v) is 5.13. The smallest absolute Gasteiger partial charge is 0.0741 e. The molecule has 94 valence electrons. The van der Waals surface area contributed by atoms with Crippen molar-refractivity contribution in [2.75, 3.05) is 5.32 Å². The lowest BCUT2D eigenvalue weighted by molar-refractivity contribution is 0.116. The van der Waals surface area contributed by atoms with E-state index in [2.05, 4.69) is 47.8 Å². The Morgan fingerprint density at radius 1 is 0.944 bits per heavy atom. The maximum Gasteiger partial charge on any atom is 0.0741 e. The predicted octanol–water partition coefficient (Wildman–Crippen LogP) is 3.56.